The molecule has 0 radical (unpaired) electrons. The molecule has 0 saturated heterocycles. The van der Waals surface area contributed by atoms with Crippen LogP contribution < -0.4 is 4.90 Å². The van der Waals surface area contributed by atoms with Crippen LogP contribution in [-0.2, 0) is 14.9 Å². The van der Waals surface area contributed by atoms with Crippen molar-refractivity contribution in [1.82, 2.24) is 0 Å². The minimum atomic E-state index is -1.48. The van der Waals surface area contributed by atoms with Crippen molar-refractivity contribution in [3.05, 3.63) is 33.9 Å². The number of ether oxygens (including phenoxy) is 1. The Hall–Kier alpha value is -2.50. The summed E-state index contributed by atoms with van der Waals surface area (Å²) in [7, 11) is 1.40. The monoisotopic (exact) mass is 291 g/mol. The summed E-state index contributed by atoms with van der Waals surface area (Å²) in [5.41, 5.74) is -0.981. The van der Waals surface area contributed by atoms with Crippen molar-refractivity contribution in [2.45, 2.75) is 11.8 Å². The number of anilines is 1. The van der Waals surface area contributed by atoms with Crippen LogP contribution in [0.1, 0.15) is 12.0 Å². The van der Waals surface area contributed by atoms with E-state index in [9.17, 15) is 20.0 Å². The predicted molar refractivity (Wildman–Crippen MR) is 71.5 cm³/mol. The van der Waals surface area contributed by atoms with E-state index in [2.05, 4.69) is 0 Å². The van der Waals surface area contributed by atoms with Gasteiger partial charge in [-0.05, 0) is 6.07 Å². The largest absolute Gasteiger partial charge is 0.395 e. The number of nitrogens with zero attached hydrogens (tertiary/aromatic N) is 3. The van der Waals surface area contributed by atoms with Gasteiger partial charge in [-0.2, -0.15) is 5.26 Å². The number of carbonyl (C=O) groups excluding carboxylic acids is 1. The second kappa shape index (κ2) is 5.47. The molecule has 0 saturated carbocycles. The highest BCUT2D eigenvalue weighted by molar-refractivity contribution is 6.08. The van der Waals surface area contributed by atoms with Crippen LogP contribution in [-0.4, -0.2) is 36.4 Å². The van der Waals surface area contributed by atoms with E-state index in [1.165, 1.54) is 30.2 Å². The molecule has 21 heavy (non-hydrogen) atoms. The Labute approximate surface area is 120 Å². The summed E-state index contributed by atoms with van der Waals surface area (Å²) in [5.74, 6) is -0.496. The molecule has 0 fully saturated rings. The molecule has 1 N–H and O–H groups in total. The fraction of sp³-hybridized carbons (Fsp3) is 0.385. The minimum Gasteiger partial charge on any atom is -0.395 e. The molecule has 110 valence electrons. The first-order valence-electron chi connectivity index (χ1n) is 6.09. The zero-order valence-corrected chi connectivity index (χ0v) is 11.3. The summed E-state index contributed by atoms with van der Waals surface area (Å²) < 4.78 is 4.95. The first-order chi connectivity index (χ1) is 10.0. The van der Waals surface area contributed by atoms with Crippen LogP contribution in [0.25, 0.3) is 0 Å². The number of nitro groups is 1. The molecule has 8 nitrogen and oxygen atoms in total. The van der Waals surface area contributed by atoms with E-state index >= 15 is 0 Å². The van der Waals surface area contributed by atoms with Crippen LogP contribution in [0.4, 0.5) is 11.4 Å². The molecule has 1 heterocycles. The number of methoxy groups -OCH3 is 1. The molecular weight excluding hydrogens is 278 g/mol. The van der Waals surface area contributed by atoms with Gasteiger partial charge in [-0.15, -0.1) is 0 Å². The maximum absolute atomic E-state index is 12.5. The van der Waals surface area contributed by atoms with E-state index in [0.29, 0.717) is 5.69 Å². The van der Waals surface area contributed by atoms with Gasteiger partial charge >= 0.3 is 0 Å². The third-order valence-corrected chi connectivity index (χ3v) is 3.56. The maximum atomic E-state index is 12.5. The topological polar surface area (TPSA) is 117 Å². The number of fused-ring (bicyclic) bond motifs is 1. The van der Waals surface area contributed by atoms with Crippen LogP contribution in [0.15, 0.2) is 18.2 Å². The van der Waals surface area contributed by atoms with Crippen molar-refractivity contribution < 1.29 is 19.6 Å². The molecule has 1 aromatic carbocycles. The number of carbonyl (C=O) groups is 1. The van der Waals surface area contributed by atoms with Crippen LogP contribution in [0.3, 0.4) is 0 Å². The van der Waals surface area contributed by atoms with Crippen molar-refractivity contribution in [1.29, 1.82) is 5.26 Å². The Morgan fingerprint density at radius 1 is 1.57 bits per heavy atom. The van der Waals surface area contributed by atoms with Crippen molar-refractivity contribution >= 4 is 17.3 Å². The van der Waals surface area contributed by atoms with Crippen LogP contribution in [0, 0.1) is 21.4 Å². The lowest BCUT2D eigenvalue weighted by molar-refractivity contribution is -0.384. The van der Waals surface area contributed by atoms with E-state index in [0.717, 1.165) is 0 Å². The van der Waals surface area contributed by atoms with Gasteiger partial charge < -0.3 is 9.84 Å². The molecule has 1 aromatic rings. The smallest absolute Gasteiger partial charge is 0.269 e. The minimum absolute atomic E-state index is 0.0587. The Morgan fingerprint density at radius 3 is 2.81 bits per heavy atom. The zero-order chi connectivity index (χ0) is 15.6. The molecule has 1 atom stereocenters. The number of aliphatic hydroxyl groups excluding tert-OH is 1. The quantitative estimate of drug-likeness (QED) is 0.630. The van der Waals surface area contributed by atoms with E-state index < -0.39 is 22.9 Å². The number of hydrogen-bond donors (Lipinski definition) is 1. The van der Waals surface area contributed by atoms with Crippen molar-refractivity contribution in [3.63, 3.8) is 0 Å². The summed E-state index contributed by atoms with van der Waals surface area (Å²) in [6.45, 7) is -0.662. The number of nitro benzene ring substituents is 1. The highest BCUT2D eigenvalue weighted by Crippen LogP contribution is 2.45. The van der Waals surface area contributed by atoms with E-state index in [4.69, 9.17) is 10.00 Å². The molecule has 1 amide bonds. The highest BCUT2D eigenvalue weighted by Gasteiger charge is 2.51. The summed E-state index contributed by atoms with van der Waals surface area (Å²) in [4.78, 5) is 24.1. The third-order valence-electron chi connectivity index (χ3n) is 3.56. The van der Waals surface area contributed by atoms with Gasteiger partial charge in [0.1, 0.15) is 12.1 Å². The van der Waals surface area contributed by atoms with Crippen molar-refractivity contribution in [2.75, 3.05) is 25.3 Å². The molecular formula is C13H13N3O5. The first kappa shape index (κ1) is 14.9. The first-order valence-corrected chi connectivity index (χ1v) is 6.09. The predicted octanol–water partition coefficient (Wildman–Crippen LogP) is 0.689. The number of non-ortho nitro benzene ring substituents is 1. The molecule has 0 aliphatic carbocycles. The molecule has 1 unspecified atom stereocenters. The summed E-state index contributed by atoms with van der Waals surface area (Å²) in [5, 5.41) is 29.5. The standard InChI is InChI=1S/C13H13N3O5/c1-21-8-15-11-3-2-9(16(19)20)6-10(11)13(7-17,4-5-14)12(15)18/h2-3,6,17H,4,7-8H2,1H3. The fourth-order valence-electron chi connectivity index (χ4n) is 2.51. The Morgan fingerprint density at radius 2 is 2.29 bits per heavy atom. The summed E-state index contributed by atoms with van der Waals surface area (Å²) >= 11 is 0. The molecule has 1 aliphatic rings. The van der Waals surface area contributed by atoms with Gasteiger partial charge in [0.05, 0.1) is 29.7 Å². The second-order valence-corrected chi connectivity index (χ2v) is 4.68. The lowest BCUT2D eigenvalue weighted by Gasteiger charge is -2.23. The molecule has 1 aliphatic heterocycles. The number of amides is 1. The molecule has 0 spiro atoms. The molecule has 0 aromatic heterocycles. The molecule has 8 heteroatoms. The van der Waals surface area contributed by atoms with Gasteiger partial charge in [0.15, 0.2) is 0 Å². The normalized spacial score (nSPS) is 20.2. The van der Waals surface area contributed by atoms with Gasteiger partial charge in [0.2, 0.25) is 5.91 Å². The number of nitriles is 1. The van der Waals surface area contributed by atoms with Gasteiger partial charge in [-0.25, -0.2) is 0 Å². The van der Waals surface area contributed by atoms with Gasteiger partial charge in [-0.1, -0.05) is 0 Å². The average Bonchev–Trinajstić information content (AvgIpc) is 2.70. The second-order valence-electron chi connectivity index (χ2n) is 4.68. The summed E-state index contributed by atoms with van der Waals surface area (Å²) in [6.07, 6.45) is -0.267. The SMILES string of the molecule is COCN1C(=O)C(CO)(CC#N)c2cc([N+](=O)[O-])ccc21. The lowest BCUT2D eigenvalue weighted by atomic mass is 9.79. The van der Waals surface area contributed by atoms with Gasteiger partial charge in [0, 0.05) is 24.8 Å². The average molecular weight is 291 g/mol. The molecule has 2 rings (SSSR count). The number of hydrogen-bond acceptors (Lipinski definition) is 6. The van der Waals surface area contributed by atoms with Crippen LogP contribution in [0.2, 0.25) is 0 Å². The fourth-order valence-corrected chi connectivity index (χ4v) is 2.51. The van der Waals surface area contributed by atoms with Crippen molar-refractivity contribution in [2.24, 2.45) is 0 Å². The third kappa shape index (κ3) is 2.12. The summed E-state index contributed by atoms with van der Waals surface area (Å²) in [6, 6.07) is 5.80. The van der Waals surface area contributed by atoms with Gasteiger partial charge in [-0.3, -0.25) is 19.8 Å². The van der Waals surface area contributed by atoms with Crippen LogP contribution in [0.5, 0.6) is 0 Å². The Bertz CT molecular complexity index is 639. The Balaban J connectivity index is 2.66. The highest BCUT2D eigenvalue weighted by atomic mass is 16.6. The number of rotatable bonds is 5. The van der Waals surface area contributed by atoms with E-state index in [-0.39, 0.29) is 24.4 Å². The van der Waals surface area contributed by atoms with E-state index in [1.807, 2.05) is 6.07 Å². The van der Waals surface area contributed by atoms with E-state index in [1.54, 1.807) is 0 Å². The lowest BCUT2D eigenvalue weighted by Crippen LogP contribution is -2.43. The number of aliphatic hydroxyl groups is 1. The molecule has 0 bridgehead atoms. The van der Waals surface area contributed by atoms with Gasteiger partial charge in [0.25, 0.3) is 5.69 Å². The van der Waals surface area contributed by atoms with Crippen LogP contribution >= 0.6 is 0 Å². The van der Waals surface area contributed by atoms with Crippen molar-refractivity contribution in [3.8, 4) is 6.07 Å². The zero-order valence-electron chi connectivity index (χ0n) is 11.3. The number of benzene rings is 1. The Kier molecular flexibility index (Phi) is 3.88. The maximum Gasteiger partial charge on any atom is 0.269 e.